The van der Waals surface area contributed by atoms with E-state index in [0.29, 0.717) is 19.8 Å². The Kier molecular flexibility index (Phi) is 4.34. The van der Waals surface area contributed by atoms with Gasteiger partial charge in [0, 0.05) is 11.3 Å². The number of anilines is 1. The van der Waals surface area contributed by atoms with E-state index in [1.807, 2.05) is 6.07 Å². The second-order valence-corrected chi connectivity index (χ2v) is 7.05. The SMILES string of the molecule is CCOC(=O)[C@H]1Nc2ccc(C(C)(C)C)cc2[C@H]2OCCO[C@@H]12. The maximum atomic E-state index is 12.3. The van der Waals surface area contributed by atoms with Gasteiger partial charge >= 0.3 is 5.97 Å². The van der Waals surface area contributed by atoms with Crippen molar-refractivity contribution in [2.45, 2.75) is 51.4 Å². The zero-order valence-electron chi connectivity index (χ0n) is 14.2. The highest BCUT2D eigenvalue weighted by atomic mass is 16.6. The van der Waals surface area contributed by atoms with E-state index < -0.39 is 6.04 Å². The van der Waals surface area contributed by atoms with E-state index in [1.165, 1.54) is 5.56 Å². The first kappa shape index (κ1) is 16.3. The minimum Gasteiger partial charge on any atom is -0.464 e. The van der Waals surface area contributed by atoms with Gasteiger partial charge in [-0.2, -0.15) is 0 Å². The number of benzene rings is 1. The summed E-state index contributed by atoms with van der Waals surface area (Å²) in [5, 5.41) is 3.28. The van der Waals surface area contributed by atoms with Crippen molar-refractivity contribution in [1.29, 1.82) is 0 Å². The van der Waals surface area contributed by atoms with Crippen LogP contribution in [-0.2, 0) is 24.4 Å². The molecule has 23 heavy (non-hydrogen) atoms. The van der Waals surface area contributed by atoms with Crippen molar-refractivity contribution < 1.29 is 19.0 Å². The number of nitrogens with one attached hydrogen (secondary N) is 1. The van der Waals surface area contributed by atoms with Gasteiger partial charge in [0.25, 0.3) is 0 Å². The Labute approximate surface area is 137 Å². The highest BCUT2D eigenvalue weighted by Gasteiger charge is 2.44. The number of hydrogen-bond acceptors (Lipinski definition) is 5. The summed E-state index contributed by atoms with van der Waals surface area (Å²) in [6.45, 7) is 9.74. The Morgan fingerprint density at radius 3 is 2.74 bits per heavy atom. The summed E-state index contributed by atoms with van der Waals surface area (Å²) in [5.74, 6) is -0.293. The maximum Gasteiger partial charge on any atom is 0.331 e. The fourth-order valence-electron chi connectivity index (χ4n) is 3.15. The van der Waals surface area contributed by atoms with E-state index in [4.69, 9.17) is 14.2 Å². The molecule has 1 N–H and O–H groups in total. The highest BCUT2D eigenvalue weighted by Crippen LogP contribution is 2.41. The second kappa shape index (κ2) is 6.13. The predicted octanol–water partition coefficient (Wildman–Crippen LogP) is 2.80. The van der Waals surface area contributed by atoms with Crippen LogP contribution in [0.25, 0.3) is 0 Å². The van der Waals surface area contributed by atoms with Crippen molar-refractivity contribution in [2.75, 3.05) is 25.1 Å². The number of carbonyl (C=O) groups is 1. The lowest BCUT2D eigenvalue weighted by atomic mass is 9.83. The quantitative estimate of drug-likeness (QED) is 0.850. The van der Waals surface area contributed by atoms with Gasteiger partial charge < -0.3 is 19.5 Å². The molecule has 5 heteroatoms. The van der Waals surface area contributed by atoms with Gasteiger partial charge in [-0.25, -0.2) is 4.79 Å². The second-order valence-electron chi connectivity index (χ2n) is 7.05. The number of ether oxygens (including phenoxy) is 3. The summed E-state index contributed by atoms with van der Waals surface area (Å²) in [4.78, 5) is 12.3. The van der Waals surface area contributed by atoms with E-state index in [9.17, 15) is 4.79 Å². The summed E-state index contributed by atoms with van der Waals surface area (Å²) in [6.07, 6.45) is -0.595. The van der Waals surface area contributed by atoms with E-state index in [0.717, 1.165) is 11.3 Å². The number of carbonyl (C=O) groups excluding carboxylic acids is 1. The van der Waals surface area contributed by atoms with E-state index in [1.54, 1.807) is 6.92 Å². The average Bonchev–Trinajstić information content (AvgIpc) is 2.53. The minimum atomic E-state index is -0.534. The molecule has 0 aliphatic carbocycles. The third kappa shape index (κ3) is 3.08. The minimum absolute atomic E-state index is 0.0536. The Hall–Kier alpha value is -1.59. The van der Waals surface area contributed by atoms with Crippen LogP contribution in [0.5, 0.6) is 0 Å². The topological polar surface area (TPSA) is 56.8 Å². The van der Waals surface area contributed by atoms with E-state index >= 15 is 0 Å². The van der Waals surface area contributed by atoms with Crippen molar-refractivity contribution in [3.63, 3.8) is 0 Å². The Bertz CT molecular complexity index is 593. The lowest BCUT2D eigenvalue weighted by Crippen LogP contribution is -2.52. The molecule has 0 amide bonds. The van der Waals surface area contributed by atoms with Crippen molar-refractivity contribution >= 4 is 11.7 Å². The largest absolute Gasteiger partial charge is 0.464 e. The third-order valence-electron chi connectivity index (χ3n) is 4.39. The smallest absolute Gasteiger partial charge is 0.331 e. The first-order chi connectivity index (χ1) is 10.9. The van der Waals surface area contributed by atoms with Crippen LogP contribution in [0.1, 0.15) is 44.9 Å². The summed E-state index contributed by atoms with van der Waals surface area (Å²) >= 11 is 0. The van der Waals surface area contributed by atoms with Crippen molar-refractivity contribution in [3.05, 3.63) is 29.3 Å². The molecule has 0 aromatic heterocycles. The fraction of sp³-hybridized carbons (Fsp3) is 0.611. The molecule has 0 spiro atoms. The summed E-state index contributed by atoms with van der Waals surface area (Å²) in [6, 6.07) is 5.75. The molecule has 1 aromatic carbocycles. The first-order valence-corrected chi connectivity index (χ1v) is 8.22. The first-order valence-electron chi connectivity index (χ1n) is 8.22. The molecular weight excluding hydrogens is 294 g/mol. The lowest BCUT2D eigenvalue weighted by Gasteiger charge is -2.42. The molecule has 126 valence electrons. The van der Waals surface area contributed by atoms with Gasteiger partial charge in [-0.1, -0.05) is 32.9 Å². The van der Waals surface area contributed by atoms with Crippen LogP contribution in [0.3, 0.4) is 0 Å². The number of hydrogen-bond donors (Lipinski definition) is 1. The fourth-order valence-corrected chi connectivity index (χ4v) is 3.15. The molecular formula is C18H25NO4. The number of fused-ring (bicyclic) bond motifs is 3. The Morgan fingerprint density at radius 1 is 1.30 bits per heavy atom. The molecule has 1 saturated heterocycles. The molecule has 3 atom stereocenters. The van der Waals surface area contributed by atoms with Crippen LogP contribution in [0.4, 0.5) is 5.69 Å². The molecule has 0 unspecified atom stereocenters. The molecule has 3 rings (SSSR count). The predicted molar refractivity (Wildman–Crippen MR) is 87.6 cm³/mol. The molecule has 5 nitrogen and oxygen atoms in total. The van der Waals surface area contributed by atoms with Crippen LogP contribution in [-0.4, -0.2) is 37.9 Å². The number of rotatable bonds is 2. The lowest BCUT2D eigenvalue weighted by molar-refractivity contribution is -0.170. The maximum absolute atomic E-state index is 12.3. The van der Waals surface area contributed by atoms with Gasteiger partial charge in [-0.15, -0.1) is 0 Å². The van der Waals surface area contributed by atoms with Gasteiger partial charge in [-0.05, 0) is 24.0 Å². The summed E-state index contributed by atoms with van der Waals surface area (Å²) < 4.78 is 17.0. The standard InChI is InChI=1S/C18H25NO4/c1-5-21-17(20)14-16-15(22-8-9-23-16)12-10-11(18(2,3)4)6-7-13(12)19-14/h6-7,10,14-16,19H,5,8-9H2,1-4H3/t14-,15+,16-/m0/s1. The van der Waals surface area contributed by atoms with Gasteiger partial charge in [0.1, 0.15) is 12.2 Å². The van der Waals surface area contributed by atoms with Gasteiger partial charge in [0.15, 0.2) is 6.04 Å². The zero-order valence-corrected chi connectivity index (χ0v) is 14.2. The average molecular weight is 319 g/mol. The molecule has 0 radical (unpaired) electrons. The molecule has 2 heterocycles. The van der Waals surface area contributed by atoms with E-state index in [-0.39, 0.29) is 23.6 Å². The normalized spacial score (nSPS) is 26.7. The van der Waals surface area contributed by atoms with Crippen LogP contribution in [0, 0.1) is 0 Å². The van der Waals surface area contributed by atoms with Crippen LogP contribution >= 0.6 is 0 Å². The monoisotopic (exact) mass is 319 g/mol. The van der Waals surface area contributed by atoms with Gasteiger partial charge in [0.2, 0.25) is 0 Å². The van der Waals surface area contributed by atoms with Gasteiger partial charge in [-0.3, -0.25) is 0 Å². The van der Waals surface area contributed by atoms with Crippen molar-refractivity contribution in [3.8, 4) is 0 Å². The zero-order chi connectivity index (χ0) is 16.6. The molecule has 0 bridgehead atoms. The van der Waals surface area contributed by atoms with Crippen LogP contribution in [0.2, 0.25) is 0 Å². The van der Waals surface area contributed by atoms with E-state index in [2.05, 4.69) is 38.2 Å². The van der Waals surface area contributed by atoms with Crippen molar-refractivity contribution in [2.24, 2.45) is 0 Å². The molecule has 1 aromatic rings. The third-order valence-corrected chi connectivity index (χ3v) is 4.39. The summed E-state index contributed by atoms with van der Waals surface area (Å²) in [7, 11) is 0. The highest BCUT2D eigenvalue weighted by molar-refractivity contribution is 5.82. The van der Waals surface area contributed by atoms with Crippen LogP contribution < -0.4 is 5.32 Å². The Morgan fingerprint density at radius 2 is 2.04 bits per heavy atom. The molecule has 0 saturated carbocycles. The van der Waals surface area contributed by atoms with Crippen molar-refractivity contribution in [1.82, 2.24) is 0 Å². The molecule has 2 aliphatic heterocycles. The van der Waals surface area contributed by atoms with Crippen LogP contribution in [0.15, 0.2) is 18.2 Å². The van der Waals surface area contributed by atoms with Gasteiger partial charge in [0.05, 0.1) is 19.8 Å². The number of esters is 1. The summed E-state index contributed by atoms with van der Waals surface area (Å²) in [5.41, 5.74) is 3.27. The molecule has 1 fully saturated rings. The Balaban J connectivity index is 1.99. The molecule has 2 aliphatic rings.